The molecule has 0 radical (unpaired) electrons. The lowest BCUT2D eigenvalue weighted by molar-refractivity contribution is -0.250. The van der Waals surface area contributed by atoms with Crippen LogP contribution in [-0.2, 0) is 23.7 Å². The van der Waals surface area contributed by atoms with E-state index in [0.29, 0.717) is 43.9 Å². The Morgan fingerprint density at radius 3 is 2.43 bits per heavy atom. The molecule has 8 fully saturated rings. The van der Waals surface area contributed by atoms with Gasteiger partial charge in [-0.15, -0.1) is 0 Å². The Morgan fingerprint density at radius 1 is 1.00 bits per heavy atom. The van der Waals surface area contributed by atoms with Crippen molar-refractivity contribution < 1.29 is 39.1 Å². The number of hydrogen-bond acceptors (Lipinski definition) is 9. The molecule has 8 aliphatic rings. The molecule has 47 heavy (non-hydrogen) atoms. The highest BCUT2D eigenvalue weighted by Crippen LogP contribution is 2.89. The number of carbonyl (C=O) groups is 1. The topological polar surface area (TPSA) is 118 Å². The fraction of sp³-hybridized carbons (Fsp3) is 0.974. The number of aliphatic hydroxyl groups is 3. The van der Waals surface area contributed by atoms with Crippen LogP contribution in [0.3, 0.4) is 0 Å². The zero-order valence-corrected chi connectivity index (χ0v) is 29.9. The van der Waals surface area contributed by atoms with Crippen LogP contribution in [0.2, 0.25) is 0 Å². The quantitative estimate of drug-likeness (QED) is 0.372. The average molecular weight is 660 g/mol. The molecule has 8 rings (SSSR count). The van der Waals surface area contributed by atoms with E-state index in [1.165, 1.54) is 12.8 Å². The first-order valence-electron chi connectivity index (χ1n) is 18.9. The first-order chi connectivity index (χ1) is 22.0. The number of rotatable bonds is 5. The molecule has 3 heterocycles. The molecular formula is C38H61NO8. The monoisotopic (exact) mass is 659 g/mol. The summed E-state index contributed by atoms with van der Waals surface area (Å²) in [6, 6.07) is -0.173. The lowest BCUT2D eigenvalue weighted by Gasteiger charge is -2.64. The first kappa shape index (κ1) is 33.3. The van der Waals surface area contributed by atoms with E-state index in [1.807, 2.05) is 0 Å². The summed E-state index contributed by atoms with van der Waals surface area (Å²) in [5, 5.41) is 34.1. The fourth-order valence-electron chi connectivity index (χ4n) is 14.2. The lowest BCUT2D eigenvalue weighted by Crippen LogP contribution is -2.60. The van der Waals surface area contributed by atoms with Gasteiger partial charge in [0.05, 0.1) is 49.8 Å². The van der Waals surface area contributed by atoms with Gasteiger partial charge in [-0.3, -0.25) is 9.69 Å². The van der Waals surface area contributed by atoms with Crippen LogP contribution in [0, 0.1) is 50.7 Å². The number of hydrogen-bond donors (Lipinski definition) is 3. The van der Waals surface area contributed by atoms with Gasteiger partial charge in [-0.1, -0.05) is 34.6 Å². The minimum atomic E-state index is -1.26. The molecule has 3 saturated heterocycles. The van der Waals surface area contributed by atoms with Crippen LogP contribution in [0.15, 0.2) is 0 Å². The van der Waals surface area contributed by atoms with Crippen molar-refractivity contribution in [2.75, 3.05) is 26.3 Å². The molecule has 0 aromatic carbocycles. The molecule has 2 spiro atoms. The van der Waals surface area contributed by atoms with Crippen molar-refractivity contribution in [3.63, 3.8) is 0 Å². The van der Waals surface area contributed by atoms with Crippen LogP contribution in [0.25, 0.3) is 0 Å². The minimum absolute atomic E-state index is 0.00728. The van der Waals surface area contributed by atoms with E-state index in [0.717, 1.165) is 45.1 Å². The molecule has 5 unspecified atom stereocenters. The molecule has 5 saturated carbocycles. The van der Waals surface area contributed by atoms with E-state index < -0.39 is 23.9 Å². The van der Waals surface area contributed by atoms with Gasteiger partial charge in [0.25, 0.3) is 0 Å². The largest absolute Gasteiger partial charge is 0.464 e. The Kier molecular flexibility index (Phi) is 7.53. The summed E-state index contributed by atoms with van der Waals surface area (Å²) in [5.41, 5.74) is -1.04. The Bertz CT molecular complexity index is 1270. The van der Waals surface area contributed by atoms with Gasteiger partial charge in [-0.05, 0) is 111 Å². The summed E-state index contributed by atoms with van der Waals surface area (Å²) >= 11 is 0. The standard InChI is InChI=1S/C38H61NO8/c1-21-18-23(30(40)34(4,5)43)46-29-28(21)35(6)13-14-38-20-37(38)12-10-26(33(2,3)24(37)8-9-25(38)36(35,7)31(29)41)47-27-19-39(15-17-44-27)22-11-16-45-32(22)42/h21-31,40-41,43H,8-20H2,1-7H3/t21-,22?,23?,24+,25?,26?,27+,28+,29?,30+,31+,35-,36-,37-,38+/m1/s1. The van der Waals surface area contributed by atoms with Gasteiger partial charge in [-0.25, -0.2) is 0 Å². The maximum atomic E-state index is 12.4. The Balaban J connectivity index is 1.02. The molecule has 9 heteroatoms. The normalized spacial score (nSPS) is 54.4. The third kappa shape index (κ3) is 4.35. The predicted octanol–water partition coefficient (Wildman–Crippen LogP) is 4.29. The Morgan fingerprint density at radius 2 is 1.72 bits per heavy atom. The number of cyclic esters (lactones) is 1. The molecule has 5 aliphatic carbocycles. The van der Waals surface area contributed by atoms with Crippen LogP contribution < -0.4 is 0 Å². The van der Waals surface area contributed by atoms with Crippen molar-refractivity contribution >= 4 is 5.97 Å². The van der Waals surface area contributed by atoms with Crippen LogP contribution in [0.4, 0.5) is 0 Å². The van der Waals surface area contributed by atoms with Gasteiger partial charge in [0, 0.05) is 18.4 Å². The van der Waals surface area contributed by atoms with Gasteiger partial charge < -0.3 is 34.3 Å². The van der Waals surface area contributed by atoms with Gasteiger partial charge in [-0.2, -0.15) is 0 Å². The molecule has 0 amide bonds. The van der Waals surface area contributed by atoms with Crippen molar-refractivity contribution in [1.29, 1.82) is 0 Å². The van der Waals surface area contributed by atoms with E-state index in [4.69, 9.17) is 18.9 Å². The van der Waals surface area contributed by atoms with Gasteiger partial charge in [0.2, 0.25) is 0 Å². The van der Waals surface area contributed by atoms with Crippen molar-refractivity contribution in [1.82, 2.24) is 4.90 Å². The number of nitrogens with zero attached hydrogens (tertiary/aromatic N) is 1. The molecule has 0 bridgehead atoms. The summed E-state index contributed by atoms with van der Waals surface area (Å²) in [4.78, 5) is 14.5. The minimum Gasteiger partial charge on any atom is -0.464 e. The van der Waals surface area contributed by atoms with Crippen molar-refractivity contribution in [2.45, 2.75) is 155 Å². The number of carbonyl (C=O) groups excluding carboxylic acids is 1. The predicted molar refractivity (Wildman–Crippen MR) is 174 cm³/mol. The van der Waals surface area contributed by atoms with E-state index >= 15 is 0 Å². The zero-order valence-electron chi connectivity index (χ0n) is 29.9. The zero-order chi connectivity index (χ0) is 33.5. The number of morpholine rings is 1. The Hall–Kier alpha value is -0.810. The second kappa shape index (κ2) is 10.6. The highest BCUT2D eigenvalue weighted by atomic mass is 16.7. The van der Waals surface area contributed by atoms with Crippen LogP contribution in [0.5, 0.6) is 0 Å². The molecular weight excluding hydrogens is 598 g/mol. The van der Waals surface area contributed by atoms with Crippen molar-refractivity contribution in [2.24, 2.45) is 50.7 Å². The van der Waals surface area contributed by atoms with Crippen LogP contribution >= 0.6 is 0 Å². The van der Waals surface area contributed by atoms with Crippen molar-refractivity contribution in [3.05, 3.63) is 0 Å². The summed E-state index contributed by atoms with van der Waals surface area (Å²) in [5.74, 6) is 1.41. The number of esters is 1. The summed E-state index contributed by atoms with van der Waals surface area (Å²) in [7, 11) is 0. The molecule has 0 aromatic rings. The highest BCUT2D eigenvalue weighted by Gasteiger charge is 2.84. The molecule has 15 atom stereocenters. The van der Waals surface area contributed by atoms with E-state index in [9.17, 15) is 20.1 Å². The van der Waals surface area contributed by atoms with E-state index in [1.54, 1.807) is 13.8 Å². The number of fused-ring (bicyclic) bond motifs is 4. The first-order valence-corrected chi connectivity index (χ1v) is 18.9. The van der Waals surface area contributed by atoms with Crippen LogP contribution in [-0.4, -0.2) is 101 Å². The number of ether oxygens (including phenoxy) is 4. The third-order valence-corrected chi connectivity index (χ3v) is 16.6. The molecule has 266 valence electrons. The molecule has 0 aromatic heterocycles. The fourth-order valence-corrected chi connectivity index (χ4v) is 14.2. The third-order valence-electron chi connectivity index (χ3n) is 16.6. The summed E-state index contributed by atoms with van der Waals surface area (Å²) in [6.07, 6.45) is 6.87. The average Bonchev–Trinajstić information content (AvgIpc) is 3.41. The summed E-state index contributed by atoms with van der Waals surface area (Å²) < 4.78 is 24.9. The van der Waals surface area contributed by atoms with E-state index in [2.05, 4.69) is 39.5 Å². The molecule has 9 nitrogen and oxygen atoms in total. The number of aliphatic hydroxyl groups excluding tert-OH is 2. The van der Waals surface area contributed by atoms with Gasteiger partial charge in [0.1, 0.15) is 12.1 Å². The lowest BCUT2D eigenvalue weighted by atomic mass is 9.41. The maximum absolute atomic E-state index is 12.4. The van der Waals surface area contributed by atoms with Gasteiger partial charge in [0.15, 0.2) is 6.29 Å². The smallest absolute Gasteiger partial charge is 0.323 e. The second-order valence-corrected chi connectivity index (χ2v) is 19.0. The summed E-state index contributed by atoms with van der Waals surface area (Å²) in [6.45, 7) is 17.7. The second-order valence-electron chi connectivity index (χ2n) is 19.0. The molecule has 3 N–H and O–H groups in total. The molecule has 3 aliphatic heterocycles. The maximum Gasteiger partial charge on any atom is 0.323 e. The van der Waals surface area contributed by atoms with Gasteiger partial charge >= 0.3 is 5.97 Å². The van der Waals surface area contributed by atoms with Crippen molar-refractivity contribution in [3.8, 4) is 0 Å². The SMILES string of the molecule is C[C@@H]1CC([C@H](O)C(C)(C)O)OC2[C@H]1[C@@]1(C)CC[C@@]34C[C@@]35CCC(O[C@H]3CN(C6CCOC6=O)CCO3)C(C)(C)[C@@H]5CCC4[C@]1(C)[C@H]2O. The highest BCUT2D eigenvalue weighted by molar-refractivity contribution is 5.77. The van der Waals surface area contributed by atoms with Crippen LogP contribution in [0.1, 0.15) is 106 Å². The Labute approximate surface area is 281 Å². The van der Waals surface area contributed by atoms with E-state index in [-0.39, 0.29) is 63.5 Å².